The Morgan fingerprint density at radius 3 is 2.78 bits per heavy atom. The van der Waals surface area contributed by atoms with Crippen LogP contribution in [0, 0.1) is 5.92 Å². The van der Waals surface area contributed by atoms with E-state index < -0.39 is 0 Å². The fraction of sp³-hybridized carbons (Fsp3) is 0.929. The summed E-state index contributed by atoms with van der Waals surface area (Å²) in [5, 5.41) is 6.35. The molecule has 2 N–H and O–H groups in total. The highest BCUT2D eigenvalue weighted by Crippen LogP contribution is 2.13. The van der Waals surface area contributed by atoms with Gasteiger partial charge < -0.3 is 15.4 Å². The molecule has 0 aliphatic carbocycles. The number of piperidine rings is 1. The van der Waals surface area contributed by atoms with Gasteiger partial charge in [0.05, 0.1) is 5.92 Å². The molecule has 4 heteroatoms. The average molecular weight is 256 g/mol. The molecule has 0 saturated carbocycles. The van der Waals surface area contributed by atoms with E-state index in [1.54, 1.807) is 0 Å². The van der Waals surface area contributed by atoms with Crippen LogP contribution < -0.4 is 10.6 Å². The van der Waals surface area contributed by atoms with Gasteiger partial charge in [0.15, 0.2) is 0 Å². The molecule has 0 bridgehead atoms. The highest BCUT2D eigenvalue weighted by atomic mass is 16.5. The number of rotatable bonds is 8. The molecule has 106 valence electrons. The fourth-order valence-electron chi connectivity index (χ4n) is 2.10. The van der Waals surface area contributed by atoms with E-state index in [0.29, 0.717) is 6.04 Å². The third kappa shape index (κ3) is 6.36. The molecule has 2 unspecified atom stereocenters. The average Bonchev–Trinajstić information content (AvgIpc) is 2.38. The number of unbranched alkanes of at least 4 members (excludes halogenated alkanes) is 1. The molecular formula is C14H28N2O2. The first-order valence-electron chi connectivity index (χ1n) is 7.33. The topological polar surface area (TPSA) is 50.4 Å². The summed E-state index contributed by atoms with van der Waals surface area (Å²) in [7, 11) is 0. The van der Waals surface area contributed by atoms with Gasteiger partial charge in [-0.05, 0) is 32.6 Å². The maximum atomic E-state index is 11.8. The van der Waals surface area contributed by atoms with Gasteiger partial charge in [-0.15, -0.1) is 0 Å². The number of ether oxygens (including phenoxy) is 1. The lowest BCUT2D eigenvalue weighted by molar-refractivity contribution is -0.125. The van der Waals surface area contributed by atoms with E-state index in [-0.39, 0.29) is 11.8 Å². The predicted octanol–water partition coefficient (Wildman–Crippen LogP) is 1.70. The molecule has 0 aromatic rings. The minimum Gasteiger partial charge on any atom is -0.381 e. The molecule has 1 saturated heterocycles. The van der Waals surface area contributed by atoms with Crippen molar-refractivity contribution in [3.05, 3.63) is 0 Å². The molecule has 1 rings (SSSR count). The SMILES string of the molecule is CCCCOCCCNC(=O)C1CCC(C)NC1. The van der Waals surface area contributed by atoms with Crippen molar-refractivity contribution >= 4 is 5.91 Å². The van der Waals surface area contributed by atoms with Crippen LogP contribution in [0.25, 0.3) is 0 Å². The zero-order valence-corrected chi connectivity index (χ0v) is 11.8. The Morgan fingerprint density at radius 2 is 2.11 bits per heavy atom. The van der Waals surface area contributed by atoms with Gasteiger partial charge in [-0.2, -0.15) is 0 Å². The maximum absolute atomic E-state index is 11.8. The van der Waals surface area contributed by atoms with Gasteiger partial charge in [-0.25, -0.2) is 0 Å². The molecule has 18 heavy (non-hydrogen) atoms. The molecule has 1 amide bonds. The van der Waals surface area contributed by atoms with Crippen LogP contribution in [0.1, 0.15) is 46.0 Å². The minimum absolute atomic E-state index is 0.155. The number of hydrogen-bond donors (Lipinski definition) is 2. The van der Waals surface area contributed by atoms with E-state index in [0.717, 1.165) is 52.0 Å². The number of amides is 1. The molecule has 0 spiro atoms. The Bertz CT molecular complexity index is 226. The van der Waals surface area contributed by atoms with Crippen LogP contribution in [0.15, 0.2) is 0 Å². The van der Waals surface area contributed by atoms with E-state index in [2.05, 4.69) is 24.5 Å². The standard InChI is InChI=1S/C14H28N2O2/c1-3-4-9-18-10-5-8-15-14(17)13-7-6-12(2)16-11-13/h12-13,16H,3-11H2,1-2H3,(H,15,17). The normalized spacial score (nSPS) is 23.9. The zero-order valence-electron chi connectivity index (χ0n) is 11.8. The summed E-state index contributed by atoms with van der Waals surface area (Å²) in [6.45, 7) is 7.47. The van der Waals surface area contributed by atoms with Crippen molar-refractivity contribution in [3.63, 3.8) is 0 Å². The summed E-state index contributed by atoms with van der Waals surface area (Å²) < 4.78 is 5.45. The number of nitrogens with one attached hydrogen (secondary N) is 2. The third-order valence-corrected chi connectivity index (χ3v) is 3.44. The monoisotopic (exact) mass is 256 g/mol. The van der Waals surface area contributed by atoms with Crippen molar-refractivity contribution in [2.75, 3.05) is 26.3 Å². The quantitative estimate of drug-likeness (QED) is 0.650. The molecule has 1 aliphatic heterocycles. The first-order chi connectivity index (χ1) is 8.74. The summed E-state index contributed by atoms with van der Waals surface area (Å²) in [4.78, 5) is 11.8. The van der Waals surface area contributed by atoms with Gasteiger partial charge in [-0.1, -0.05) is 13.3 Å². The van der Waals surface area contributed by atoms with E-state index in [9.17, 15) is 4.79 Å². The lowest BCUT2D eigenvalue weighted by Crippen LogP contribution is -2.44. The maximum Gasteiger partial charge on any atom is 0.224 e. The second-order valence-electron chi connectivity index (χ2n) is 5.19. The number of hydrogen-bond acceptors (Lipinski definition) is 3. The number of carbonyl (C=O) groups excluding carboxylic acids is 1. The minimum atomic E-state index is 0.155. The van der Waals surface area contributed by atoms with Crippen LogP contribution in [0.3, 0.4) is 0 Å². The van der Waals surface area contributed by atoms with Crippen LogP contribution >= 0.6 is 0 Å². The number of carbonyl (C=O) groups is 1. The summed E-state index contributed by atoms with van der Waals surface area (Å²) in [5.41, 5.74) is 0. The van der Waals surface area contributed by atoms with E-state index in [1.807, 2.05) is 0 Å². The molecule has 0 radical (unpaired) electrons. The van der Waals surface area contributed by atoms with Crippen LogP contribution in [-0.2, 0) is 9.53 Å². The summed E-state index contributed by atoms with van der Waals surface area (Å²) in [5.74, 6) is 0.352. The first kappa shape index (κ1) is 15.4. The van der Waals surface area contributed by atoms with E-state index in [1.165, 1.54) is 6.42 Å². The summed E-state index contributed by atoms with van der Waals surface area (Å²) in [6.07, 6.45) is 5.30. The second kappa shape index (κ2) is 9.34. The molecular weight excluding hydrogens is 228 g/mol. The van der Waals surface area contributed by atoms with Crippen LogP contribution in [0.2, 0.25) is 0 Å². The van der Waals surface area contributed by atoms with Gasteiger partial charge in [0.2, 0.25) is 5.91 Å². The van der Waals surface area contributed by atoms with Gasteiger partial charge in [0.1, 0.15) is 0 Å². The van der Waals surface area contributed by atoms with Crippen molar-refractivity contribution in [2.45, 2.75) is 52.0 Å². The first-order valence-corrected chi connectivity index (χ1v) is 7.33. The molecule has 1 aliphatic rings. The van der Waals surface area contributed by atoms with Crippen molar-refractivity contribution in [1.82, 2.24) is 10.6 Å². The zero-order chi connectivity index (χ0) is 13.2. The Morgan fingerprint density at radius 1 is 1.33 bits per heavy atom. The predicted molar refractivity (Wildman–Crippen MR) is 73.5 cm³/mol. The molecule has 0 aromatic carbocycles. The van der Waals surface area contributed by atoms with Gasteiger partial charge in [0, 0.05) is 32.3 Å². The molecule has 2 atom stereocenters. The third-order valence-electron chi connectivity index (χ3n) is 3.44. The highest BCUT2D eigenvalue weighted by Gasteiger charge is 2.23. The van der Waals surface area contributed by atoms with Crippen LogP contribution in [-0.4, -0.2) is 38.3 Å². The van der Waals surface area contributed by atoms with Crippen LogP contribution in [0.5, 0.6) is 0 Å². The molecule has 4 nitrogen and oxygen atoms in total. The van der Waals surface area contributed by atoms with E-state index in [4.69, 9.17) is 4.74 Å². The van der Waals surface area contributed by atoms with Gasteiger partial charge in [0.25, 0.3) is 0 Å². The lowest BCUT2D eigenvalue weighted by Gasteiger charge is -2.26. The molecule has 0 aromatic heterocycles. The van der Waals surface area contributed by atoms with Crippen LogP contribution in [0.4, 0.5) is 0 Å². The lowest BCUT2D eigenvalue weighted by atomic mass is 9.95. The Kier molecular flexibility index (Phi) is 8.01. The summed E-state index contributed by atoms with van der Waals surface area (Å²) in [6, 6.07) is 0.556. The largest absolute Gasteiger partial charge is 0.381 e. The summed E-state index contributed by atoms with van der Waals surface area (Å²) >= 11 is 0. The second-order valence-corrected chi connectivity index (χ2v) is 5.19. The van der Waals surface area contributed by atoms with Gasteiger partial charge in [-0.3, -0.25) is 4.79 Å². The fourth-order valence-corrected chi connectivity index (χ4v) is 2.10. The highest BCUT2D eigenvalue weighted by molar-refractivity contribution is 5.78. The Hall–Kier alpha value is -0.610. The van der Waals surface area contributed by atoms with Crippen molar-refractivity contribution in [1.29, 1.82) is 0 Å². The van der Waals surface area contributed by atoms with Gasteiger partial charge >= 0.3 is 0 Å². The smallest absolute Gasteiger partial charge is 0.224 e. The Balaban J connectivity index is 1.96. The molecule has 1 heterocycles. The van der Waals surface area contributed by atoms with Crippen molar-refractivity contribution in [3.8, 4) is 0 Å². The van der Waals surface area contributed by atoms with Crippen molar-refractivity contribution < 1.29 is 9.53 Å². The Labute approximate surface area is 111 Å². The molecule has 1 fully saturated rings. The van der Waals surface area contributed by atoms with E-state index >= 15 is 0 Å². The van der Waals surface area contributed by atoms with Crippen molar-refractivity contribution in [2.24, 2.45) is 5.92 Å².